The molecule has 4 nitrogen and oxygen atoms in total. The van der Waals surface area contributed by atoms with Crippen LogP contribution in [0.4, 0.5) is 5.69 Å². The van der Waals surface area contributed by atoms with Gasteiger partial charge in [-0.2, -0.15) is 0 Å². The summed E-state index contributed by atoms with van der Waals surface area (Å²) in [5.41, 5.74) is 1.92. The molecule has 1 N–H and O–H groups in total. The minimum absolute atomic E-state index is 0.0248. The molecule has 0 fully saturated rings. The summed E-state index contributed by atoms with van der Waals surface area (Å²) >= 11 is 0. The molecule has 0 heterocycles. The van der Waals surface area contributed by atoms with Gasteiger partial charge in [-0.25, -0.2) is 0 Å². The number of amides is 1. The van der Waals surface area contributed by atoms with Gasteiger partial charge in [0.2, 0.25) is 0 Å². The molecule has 2 aromatic rings. The van der Waals surface area contributed by atoms with E-state index < -0.39 is 0 Å². The Hall–Kier alpha value is -2.49. The number of rotatable bonds is 11. The zero-order valence-corrected chi connectivity index (χ0v) is 16.7. The standard InChI is InChI=1S/C23H31NO3/c1-4-6-7-19(5-2)16-26-21-12-14-22(15-13-21)27-17-23(25)24-20-10-8-18(3)9-11-20/h8-15,19H,4-7,16-17H2,1-3H3,(H,24,25). The van der Waals surface area contributed by atoms with Crippen LogP contribution >= 0.6 is 0 Å². The van der Waals surface area contributed by atoms with E-state index in [1.807, 2.05) is 55.5 Å². The summed E-state index contributed by atoms with van der Waals surface area (Å²) in [4.78, 5) is 12.0. The highest BCUT2D eigenvalue weighted by atomic mass is 16.5. The fourth-order valence-electron chi connectivity index (χ4n) is 2.73. The highest BCUT2D eigenvalue weighted by molar-refractivity contribution is 5.91. The molecule has 1 amide bonds. The molecule has 27 heavy (non-hydrogen) atoms. The van der Waals surface area contributed by atoms with Gasteiger partial charge >= 0.3 is 0 Å². The fraction of sp³-hybridized carbons (Fsp3) is 0.435. The second-order valence-corrected chi connectivity index (χ2v) is 6.90. The number of benzene rings is 2. The molecule has 0 saturated carbocycles. The van der Waals surface area contributed by atoms with Crippen LogP contribution in [-0.2, 0) is 4.79 Å². The van der Waals surface area contributed by atoms with Crippen LogP contribution in [0.3, 0.4) is 0 Å². The Labute approximate surface area is 162 Å². The topological polar surface area (TPSA) is 47.6 Å². The van der Waals surface area contributed by atoms with Gasteiger partial charge in [0.25, 0.3) is 5.91 Å². The summed E-state index contributed by atoms with van der Waals surface area (Å²) in [7, 11) is 0. The minimum atomic E-state index is -0.180. The van der Waals surface area contributed by atoms with E-state index in [2.05, 4.69) is 19.2 Å². The van der Waals surface area contributed by atoms with Crippen LogP contribution in [-0.4, -0.2) is 19.1 Å². The molecule has 0 bridgehead atoms. The molecule has 0 spiro atoms. The molecule has 0 saturated heterocycles. The third-order valence-electron chi connectivity index (χ3n) is 4.56. The minimum Gasteiger partial charge on any atom is -0.493 e. The second-order valence-electron chi connectivity index (χ2n) is 6.90. The van der Waals surface area contributed by atoms with Crippen LogP contribution in [0.2, 0.25) is 0 Å². The van der Waals surface area contributed by atoms with Crippen molar-refractivity contribution in [3.63, 3.8) is 0 Å². The number of anilines is 1. The van der Waals surface area contributed by atoms with Gasteiger partial charge in [0.15, 0.2) is 6.61 Å². The predicted octanol–water partition coefficient (Wildman–Crippen LogP) is 5.61. The Morgan fingerprint density at radius 3 is 2.19 bits per heavy atom. The van der Waals surface area contributed by atoms with Crippen LogP contribution in [0.1, 0.15) is 45.1 Å². The molecule has 2 rings (SSSR count). The number of hydrogen-bond donors (Lipinski definition) is 1. The van der Waals surface area contributed by atoms with Gasteiger partial charge in [-0.1, -0.05) is 50.8 Å². The molecule has 1 unspecified atom stereocenters. The zero-order chi connectivity index (χ0) is 19.5. The van der Waals surface area contributed by atoms with Crippen LogP contribution < -0.4 is 14.8 Å². The molecule has 2 aromatic carbocycles. The summed E-state index contributed by atoms with van der Waals surface area (Å²) in [6.45, 7) is 7.16. The maximum atomic E-state index is 12.0. The average Bonchev–Trinajstić information content (AvgIpc) is 2.69. The molecule has 0 aliphatic heterocycles. The molecule has 1 atom stereocenters. The van der Waals surface area contributed by atoms with Crippen LogP contribution in [0.5, 0.6) is 11.5 Å². The first-order chi connectivity index (χ1) is 13.1. The number of hydrogen-bond acceptors (Lipinski definition) is 3. The first-order valence-corrected chi connectivity index (χ1v) is 9.82. The molecular formula is C23H31NO3. The number of ether oxygens (including phenoxy) is 2. The van der Waals surface area contributed by atoms with Crippen LogP contribution in [0.25, 0.3) is 0 Å². The van der Waals surface area contributed by atoms with E-state index in [0.717, 1.165) is 30.0 Å². The van der Waals surface area contributed by atoms with E-state index in [-0.39, 0.29) is 12.5 Å². The van der Waals surface area contributed by atoms with Crippen molar-refractivity contribution < 1.29 is 14.3 Å². The van der Waals surface area contributed by atoms with Gasteiger partial charge in [0.1, 0.15) is 11.5 Å². The van der Waals surface area contributed by atoms with E-state index in [0.29, 0.717) is 11.7 Å². The highest BCUT2D eigenvalue weighted by Crippen LogP contribution is 2.20. The van der Waals surface area contributed by atoms with Crippen molar-refractivity contribution in [2.45, 2.75) is 46.5 Å². The zero-order valence-electron chi connectivity index (χ0n) is 16.7. The van der Waals surface area contributed by atoms with Gasteiger partial charge in [-0.05, 0) is 55.7 Å². The quantitative estimate of drug-likeness (QED) is 0.560. The van der Waals surface area contributed by atoms with Crippen molar-refractivity contribution in [3.05, 3.63) is 54.1 Å². The van der Waals surface area contributed by atoms with Crippen LogP contribution in [0.15, 0.2) is 48.5 Å². The smallest absolute Gasteiger partial charge is 0.262 e. The Balaban J connectivity index is 1.74. The maximum Gasteiger partial charge on any atom is 0.262 e. The number of carbonyl (C=O) groups excluding carboxylic acids is 1. The Bertz CT molecular complexity index is 680. The fourth-order valence-corrected chi connectivity index (χ4v) is 2.73. The lowest BCUT2D eigenvalue weighted by Gasteiger charge is -2.15. The Kier molecular flexibility index (Phi) is 8.69. The molecule has 146 valence electrons. The summed E-state index contributed by atoms with van der Waals surface area (Å²) in [6, 6.07) is 15.1. The van der Waals surface area contributed by atoms with Crippen LogP contribution in [0, 0.1) is 12.8 Å². The van der Waals surface area contributed by atoms with E-state index in [9.17, 15) is 4.79 Å². The Morgan fingerprint density at radius 2 is 1.59 bits per heavy atom. The van der Waals surface area contributed by atoms with Crippen molar-refractivity contribution in [3.8, 4) is 11.5 Å². The lowest BCUT2D eigenvalue weighted by atomic mass is 10.0. The molecule has 0 radical (unpaired) electrons. The first-order valence-electron chi connectivity index (χ1n) is 9.82. The molecule has 0 aliphatic rings. The van der Waals surface area contributed by atoms with Gasteiger partial charge in [0.05, 0.1) is 6.61 Å². The summed E-state index contributed by atoms with van der Waals surface area (Å²) in [5, 5.41) is 2.82. The van der Waals surface area contributed by atoms with Gasteiger partial charge < -0.3 is 14.8 Å². The molecule has 4 heteroatoms. The SMILES string of the molecule is CCCCC(CC)COc1ccc(OCC(=O)Nc2ccc(C)cc2)cc1. The normalized spacial score (nSPS) is 11.7. The molecule has 0 aromatic heterocycles. The van der Waals surface area contributed by atoms with Gasteiger partial charge in [-0.3, -0.25) is 4.79 Å². The van der Waals surface area contributed by atoms with Crippen molar-refractivity contribution in [2.75, 3.05) is 18.5 Å². The van der Waals surface area contributed by atoms with E-state index in [1.165, 1.54) is 19.3 Å². The van der Waals surface area contributed by atoms with Gasteiger partial charge in [-0.15, -0.1) is 0 Å². The van der Waals surface area contributed by atoms with Crippen molar-refractivity contribution in [1.82, 2.24) is 0 Å². The number of nitrogens with one attached hydrogen (secondary N) is 1. The summed E-state index contributed by atoms with van der Waals surface area (Å²) < 4.78 is 11.4. The molecular weight excluding hydrogens is 338 g/mol. The van der Waals surface area contributed by atoms with Crippen molar-refractivity contribution >= 4 is 11.6 Å². The van der Waals surface area contributed by atoms with Crippen molar-refractivity contribution in [2.24, 2.45) is 5.92 Å². The third-order valence-corrected chi connectivity index (χ3v) is 4.56. The summed E-state index contributed by atoms with van der Waals surface area (Å²) in [6.07, 6.45) is 4.82. The maximum absolute atomic E-state index is 12.0. The lowest BCUT2D eigenvalue weighted by molar-refractivity contribution is -0.118. The van der Waals surface area contributed by atoms with Gasteiger partial charge in [0, 0.05) is 5.69 Å². The highest BCUT2D eigenvalue weighted by Gasteiger charge is 2.08. The number of unbranched alkanes of at least 4 members (excludes halogenated alkanes) is 1. The predicted molar refractivity (Wildman–Crippen MR) is 111 cm³/mol. The molecule has 0 aliphatic carbocycles. The largest absolute Gasteiger partial charge is 0.493 e. The van der Waals surface area contributed by atoms with E-state index >= 15 is 0 Å². The average molecular weight is 370 g/mol. The first kappa shape index (κ1) is 20.8. The van der Waals surface area contributed by atoms with E-state index in [4.69, 9.17) is 9.47 Å². The number of aryl methyl sites for hydroxylation is 1. The van der Waals surface area contributed by atoms with Crippen molar-refractivity contribution in [1.29, 1.82) is 0 Å². The lowest BCUT2D eigenvalue weighted by Crippen LogP contribution is -2.20. The number of carbonyl (C=O) groups is 1. The van der Waals surface area contributed by atoms with E-state index in [1.54, 1.807) is 0 Å². The Morgan fingerprint density at radius 1 is 0.963 bits per heavy atom. The third kappa shape index (κ3) is 7.73. The second kappa shape index (κ2) is 11.3. The summed E-state index contributed by atoms with van der Waals surface area (Å²) in [5.74, 6) is 1.91. The monoisotopic (exact) mass is 369 g/mol.